The third-order valence-electron chi connectivity index (χ3n) is 5.77. The van der Waals surface area contributed by atoms with Crippen molar-refractivity contribution in [2.45, 2.75) is 41.2 Å². The van der Waals surface area contributed by atoms with Crippen LogP contribution in [0.1, 0.15) is 54.0 Å². The van der Waals surface area contributed by atoms with Crippen LogP contribution < -0.4 is 15.8 Å². The fourth-order valence-corrected chi connectivity index (χ4v) is 4.13. The molecule has 0 fully saturated rings. The molecular formula is C28H30N4O5. The summed E-state index contributed by atoms with van der Waals surface area (Å²) in [5.74, 6) is -0.482. The Labute approximate surface area is 214 Å². The van der Waals surface area contributed by atoms with Crippen molar-refractivity contribution in [3.8, 4) is 5.75 Å². The highest BCUT2D eigenvalue weighted by molar-refractivity contribution is 5.97. The third-order valence-corrected chi connectivity index (χ3v) is 5.77. The van der Waals surface area contributed by atoms with Crippen LogP contribution in [0.25, 0.3) is 16.7 Å². The molecule has 0 radical (unpaired) electrons. The van der Waals surface area contributed by atoms with Gasteiger partial charge in [-0.05, 0) is 68.7 Å². The number of pyridine rings is 2. The molecular weight excluding hydrogens is 472 g/mol. The summed E-state index contributed by atoms with van der Waals surface area (Å²) in [6.07, 6.45) is 1.64. The van der Waals surface area contributed by atoms with E-state index in [0.717, 1.165) is 5.56 Å². The van der Waals surface area contributed by atoms with E-state index in [9.17, 15) is 14.4 Å². The maximum Gasteiger partial charge on any atom is 0.341 e. The molecule has 0 saturated heterocycles. The maximum absolute atomic E-state index is 13.5. The summed E-state index contributed by atoms with van der Waals surface area (Å²) >= 11 is 0. The van der Waals surface area contributed by atoms with Gasteiger partial charge in [0.25, 0.3) is 11.5 Å². The van der Waals surface area contributed by atoms with Gasteiger partial charge in [-0.25, -0.2) is 9.78 Å². The molecule has 9 nitrogen and oxygen atoms in total. The normalized spacial score (nSPS) is 11.9. The second kappa shape index (κ2) is 10.8. The van der Waals surface area contributed by atoms with E-state index in [1.807, 2.05) is 33.8 Å². The van der Waals surface area contributed by atoms with Gasteiger partial charge in [-0.2, -0.15) is 4.99 Å². The predicted octanol–water partition coefficient (Wildman–Crippen LogP) is 3.93. The van der Waals surface area contributed by atoms with E-state index in [-0.39, 0.29) is 34.5 Å². The molecule has 0 bridgehead atoms. The van der Waals surface area contributed by atoms with Crippen molar-refractivity contribution in [3.63, 3.8) is 0 Å². The number of nitrogens with zero attached hydrogens (tertiary/aromatic N) is 4. The highest BCUT2D eigenvalue weighted by Crippen LogP contribution is 2.16. The maximum atomic E-state index is 13.5. The molecule has 4 aromatic rings. The topological polar surface area (TPSA) is 104 Å². The number of carbonyl (C=O) groups excluding carboxylic acids is 2. The van der Waals surface area contributed by atoms with Crippen LogP contribution in [0, 0.1) is 12.8 Å². The van der Waals surface area contributed by atoms with Crippen molar-refractivity contribution in [2.24, 2.45) is 10.9 Å². The number of carbonyl (C=O) groups is 2. The van der Waals surface area contributed by atoms with Crippen LogP contribution in [-0.2, 0) is 11.3 Å². The summed E-state index contributed by atoms with van der Waals surface area (Å²) in [5, 5.41) is 0.235. The lowest BCUT2D eigenvalue weighted by atomic mass is 10.1. The minimum Gasteiger partial charge on any atom is -0.494 e. The van der Waals surface area contributed by atoms with Crippen molar-refractivity contribution in [1.82, 2.24) is 14.0 Å². The van der Waals surface area contributed by atoms with Crippen molar-refractivity contribution in [2.75, 3.05) is 13.2 Å². The highest BCUT2D eigenvalue weighted by atomic mass is 16.5. The molecule has 0 atom stereocenters. The molecule has 192 valence electrons. The van der Waals surface area contributed by atoms with Gasteiger partial charge in [-0.3, -0.25) is 14.0 Å². The Morgan fingerprint density at radius 3 is 2.43 bits per heavy atom. The monoisotopic (exact) mass is 502 g/mol. The standard InChI is InChI=1S/C28H30N4O5/c1-6-36-20-12-10-19(11-13-20)26(33)30-25-22(28(35)37-7-2)15-21-24(32(25)16-17(3)4)29-23-18(5)9-8-14-31(23)27(21)34/h8-15,17H,6-7,16H2,1-5H3. The molecule has 1 aromatic carbocycles. The number of ether oxygens (including phenoxy) is 2. The van der Waals surface area contributed by atoms with Gasteiger partial charge >= 0.3 is 5.97 Å². The van der Waals surface area contributed by atoms with Gasteiger partial charge in [0.15, 0.2) is 5.49 Å². The number of esters is 1. The van der Waals surface area contributed by atoms with Gasteiger partial charge in [-0.1, -0.05) is 19.9 Å². The quantitative estimate of drug-likeness (QED) is 0.280. The summed E-state index contributed by atoms with van der Waals surface area (Å²) in [6.45, 7) is 10.4. The molecule has 9 heteroatoms. The average molecular weight is 503 g/mol. The number of hydrogen-bond donors (Lipinski definition) is 0. The van der Waals surface area contributed by atoms with Crippen LogP contribution in [0.15, 0.2) is 58.4 Å². The smallest absolute Gasteiger partial charge is 0.341 e. The first-order chi connectivity index (χ1) is 17.7. The second-order valence-electron chi connectivity index (χ2n) is 9.02. The summed E-state index contributed by atoms with van der Waals surface area (Å²) < 4.78 is 13.9. The SMILES string of the molecule is CCOC(=O)c1cc2c(=O)n3cccc(C)c3nc2n(CC(C)C)c1=NC(=O)c1ccc(OCC)cc1. The largest absolute Gasteiger partial charge is 0.494 e. The number of hydrogen-bond acceptors (Lipinski definition) is 6. The molecule has 1 amide bonds. The summed E-state index contributed by atoms with van der Waals surface area (Å²) in [5.41, 5.74) is 1.79. The number of aryl methyl sites for hydroxylation is 1. The van der Waals surface area contributed by atoms with Crippen molar-refractivity contribution in [3.05, 3.63) is 81.2 Å². The van der Waals surface area contributed by atoms with Gasteiger partial charge in [0, 0.05) is 18.3 Å². The number of aromatic nitrogens is 3. The van der Waals surface area contributed by atoms with E-state index in [4.69, 9.17) is 14.5 Å². The zero-order valence-corrected chi connectivity index (χ0v) is 21.6. The van der Waals surface area contributed by atoms with Gasteiger partial charge < -0.3 is 14.0 Å². The van der Waals surface area contributed by atoms with Gasteiger partial charge in [0.2, 0.25) is 0 Å². The Kier molecular flexibility index (Phi) is 7.52. The van der Waals surface area contributed by atoms with E-state index in [0.29, 0.717) is 35.8 Å². The first-order valence-corrected chi connectivity index (χ1v) is 12.3. The first-order valence-electron chi connectivity index (χ1n) is 12.3. The zero-order chi connectivity index (χ0) is 26.7. The van der Waals surface area contributed by atoms with Crippen molar-refractivity contribution >= 4 is 28.6 Å². The lowest BCUT2D eigenvalue weighted by Crippen LogP contribution is -2.34. The van der Waals surface area contributed by atoms with Crippen LogP contribution in [0.4, 0.5) is 0 Å². The highest BCUT2D eigenvalue weighted by Gasteiger charge is 2.21. The van der Waals surface area contributed by atoms with E-state index < -0.39 is 11.9 Å². The molecule has 0 spiro atoms. The lowest BCUT2D eigenvalue weighted by molar-refractivity contribution is 0.0523. The average Bonchev–Trinajstić information content (AvgIpc) is 2.86. The molecule has 37 heavy (non-hydrogen) atoms. The summed E-state index contributed by atoms with van der Waals surface area (Å²) in [7, 11) is 0. The molecule has 0 aliphatic heterocycles. The van der Waals surface area contributed by atoms with E-state index >= 15 is 0 Å². The summed E-state index contributed by atoms with van der Waals surface area (Å²) in [6, 6.07) is 11.7. The Balaban J connectivity index is 2.07. The molecule has 0 unspecified atom stereocenters. The zero-order valence-electron chi connectivity index (χ0n) is 21.6. The Bertz CT molecular complexity index is 1610. The number of amides is 1. The second-order valence-corrected chi connectivity index (χ2v) is 9.02. The molecule has 4 rings (SSSR count). The summed E-state index contributed by atoms with van der Waals surface area (Å²) in [4.78, 5) is 49.0. The molecule has 3 aromatic heterocycles. The number of fused-ring (bicyclic) bond motifs is 2. The van der Waals surface area contributed by atoms with Crippen LogP contribution in [0.3, 0.4) is 0 Å². The molecule has 0 aliphatic carbocycles. The van der Waals surface area contributed by atoms with Crippen LogP contribution in [0.5, 0.6) is 5.75 Å². The lowest BCUT2D eigenvalue weighted by Gasteiger charge is -2.17. The van der Waals surface area contributed by atoms with E-state index in [1.54, 1.807) is 48.0 Å². The Morgan fingerprint density at radius 1 is 1.05 bits per heavy atom. The molecule has 0 aliphatic rings. The first kappa shape index (κ1) is 25.8. The molecule has 3 heterocycles. The van der Waals surface area contributed by atoms with Gasteiger partial charge in [-0.15, -0.1) is 0 Å². The van der Waals surface area contributed by atoms with Gasteiger partial charge in [0.1, 0.15) is 22.6 Å². The number of rotatable bonds is 7. The van der Waals surface area contributed by atoms with E-state index in [2.05, 4.69) is 4.99 Å². The Morgan fingerprint density at radius 2 is 1.78 bits per heavy atom. The van der Waals surface area contributed by atoms with E-state index in [1.165, 1.54) is 10.5 Å². The molecule has 0 N–H and O–H groups in total. The third kappa shape index (κ3) is 5.16. The van der Waals surface area contributed by atoms with Crippen molar-refractivity contribution in [1.29, 1.82) is 0 Å². The predicted molar refractivity (Wildman–Crippen MR) is 140 cm³/mol. The van der Waals surface area contributed by atoms with Crippen LogP contribution >= 0.6 is 0 Å². The van der Waals surface area contributed by atoms with Crippen LogP contribution in [-0.4, -0.2) is 39.0 Å². The fraction of sp³-hybridized carbons (Fsp3) is 0.321. The molecule has 0 saturated carbocycles. The minimum atomic E-state index is -0.672. The fourth-order valence-electron chi connectivity index (χ4n) is 4.13. The Hall–Kier alpha value is -4.27. The minimum absolute atomic E-state index is 0.0285. The number of benzene rings is 1. The van der Waals surface area contributed by atoms with Crippen LogP contribution in [0.2, 0.25) is 0 Å². The van der Waals surface area contributed by atoms with Gasteiger partial charge in [0.05, 0.1) is 18.6 Å². The van der Waals surface area contributed by atoms with Crippen molar-refractivity contribution < 1.29 is 19.1 Å².